The minimum Gasteiger partial charge on any atom is -0.495 e. The molecule has 0 aromatic heterocycles. The number of benzene rings is 4. The highest BCUT2D eigenvalue weighted by atomic mass is 32.2. The van der Waals surface area contributed by atoms with Crippen molar-refractivity contribution >= 4 is 39.1 Å². The Morgan fingerprint density at radius 2 is 1.12 bits per heavy atom. The first-order chi connectivity index (χ1) is 28.0. The van der Waals surface area contributed by atoms with Crippen LogP contribution in [0.4, 0.5) is 11.4 Å². The normalized spacial score (nSPS) is 17.8. The Labute approximate surface area is 336 Å². The monoisotopic (exact) mass is 816 g/mol. The summed E-state index contributed by atoms with van der Waals surface area (Å²) in [4.78, 5) is 41.5. The molecule has 3 aliphatic rings. The van der Waals surface area contributed by atoms with E-state index in [0.717, 1.165) is 11.4 Å². The van der Waals surface area contributed by atoms with Crippen LogP contribution in [0.1, 0.15) is 40.9 Å². The summed E-state index contributed by atoms with van der Waals surface area (Å²) in [6, 6.07) is 19.4. The van der Waals surface area contributed by atoms with Crippen LogP contribution in [0.25, 0.3) is 0 Å². The number of methoxy groups -OCH3 is 2. The van der Waals surface area contributed by atoms with Gasteiger partial charge < -0.3 is 47.7 Å². The predicted octanol–water partition coefficient (Wildman–Crippen LogP) is 4.54. The Kier molecular flexibility index (Phi) is 11.9. The van der Waals surface area contributed by atoms with Crippen molar-refractivity contribution in [2.24, 2.45) is 0 Å². The van der Waals surface area contributed by atoms with Crippen LogP contribution in [0.3, 0.4) is 0 Å². The second-order valence-electron chi connectivity index (χ2n) is 13.6. The average molecular weight is 817 g/mol. The molecule has 1 spiro atoms. The molecule has 306 valence electrons. The molecule has 0 bridgehead atoms. The molecular formula is C42H44N2O13S. The number of sulfone groups is 1. The van der Waals surface area contributed by atoms with Gasteiger partial charge in [0.1, 0.15) is 23.0 Å². The topological polar surface area (TPSA) is 166 Å². The number of ether oxygens (including phenoxy) is 8. The quantitative estimate of drug-likeness (QED) is 0.197. The van der Waals surface area contributed by atoms with Gasteiger partial charge in [0.25, 0.3) is 0 Å². The van der Waals surface area contributed by atoms with Crippen molar-refractivity contribution in [3.63, 3.8) is 0 Å². The summed E-state index contributed by atoms with van der Waals surface area (Å²) in [6.45, 7) is 6.75. The molecule has 15 nitrogen and oxygen atoms in total. The number of hydrogen-bond donors (Lipinski definition) is 0. The molecule has 0 aliphatic carbocycles. The van der Waals surface area contributed by atoms with E-state index in [4.69, 9.17) is 37.9 Å². The van der Waals surface area contributed by atoms with Gasteiger partial charge in [-0.15, -0.1) is 0 Å². The molecule has 0 amide bonds. The van der Waals surface area contributed by atoms with Gasteiger partial charge in [-0.2, -0.15) is 0 Å². The fourth-order valence-electron chi connectivity index (χ4n) is 7.56. The Morgan fingerprint density at radius 1 is 0.621 bits per heavy atom. The van der Waals surface area contributed by atoms with Crippen LogP contribution in [0.2, 0.25) is 0 Å². The smallest absolute Gasteiger partial charge is 0.340 e. The molecule has 4 aromatic rings. The maximum atomic E-state index is 14.3. The van der Waals surface area contributed by atoms with E-state index in [2.05, 4.69) is 4.90 Å². The number of anilines is 2. The number of nitrogens with zero attached hydrogens (tertiary/aromatic N) is 2. The van der Waals surface area contributed by atoms with E-state index in [1.54, 1.807) is 19.2 Å². The summed E-state index contributed by atoms with van der Waals surface area (Å²) in [5.74, 6) is -0.938. The van der Waals surface area contributed by atoms with Crippen molar-refractivity contribution in [2.75, 3.05) is 89.8 Å². The average Bonchev–Trinajstić information content (AvgIpc) is 3.48. The standard InChI is InChI=1S/C42H44N2O13S/c1-27(45)55-29-9-11-32-39(23-29)58(48,49)40-24-30(56-28(2)46)10-12-33(40)42(32)34-26-38(51-4)36(25-31(34)41(47)57-42)44-15-18-52-17-13-43(14-19-53-21-22-54-20-16-44)35-7-5-6-8-37(35)50-3/h5-12,23-26H,13-22H2,1-4H3. The van der Waals surface area contributed by atoms with Gasteiger partial charge in [0.15, 0.2) is 5.60 Å². The lowest BCUT2D eigenvalue weighted by molar-refractivity contribution is -0.132. The van der Waals surface area contributed by atoms with Gasteiger partial charge in [0.05, 0.1) is 80.6 Å². The minimum atomic E-state index is -4.35. The molecule has 3 aliphatic heterocycles. The Morgan fingerprint density at radius 3 is 1.64 bits per heavy atom. The number of fused-ring (bicyclic) bond motifs is 6. The van der Waals surface area contributed by atoms with E-state index in [1.165, 1.54) is 57.4 Å². The van der Waals surface area contributed by atoms with E-state index in [-0.39, 0.29) is 38.0 Å². The van der Waals surface area contributed by atoms with Crippen molar-refractivity contribution in [3.8, 4) is 23.0 Å². The molecule has 1 saturated heterocycles. The zero-order chi connectivity index (χ0) is 41.0. The van der Waals surface area contributed by atoms with Crippen LogP contribution in [-0.4, -0.2) is 106 Å². The Bertz CT molecular complexity index is 2260. The predicted molar refractivity (Wildman–Crippen MR) is 209 cm³/mol. The Hall–Kier alpha value is -5.68. The number of hydrogen-bond acceptors (Lipinski definition) is 15. The highest BCUT2D eigenvalue weighted by Crippen LogP contribution is 2.56. The van der Waals surface area contributed by atoms with E-state index in [0.29, 0.717) is 82.8 Å². The van der Waals surface area contributed by atoms with E-state index in [9.17, 15) is 22.8 Å². The van der Waals surface area contributed by atoms with Gasteiger partial charge in [-0.25, -0.2) is 13.2 Å². The lowest BCUT2D eigenvalue weighted by Crippen LogP contribution is -2.37. The summed E-state index contributed by atoms with van der Waals surface area (Å²) in [7, 11) is -1.21. The summed E-state index contributed by atoms with van der Waals surface area (Å²) >= 11 is 0. The molecule has 0 radical (unpaired) electrons. The highest BCUT2D eigenvalue weighted by Gasteiger charge is 2.56. The van der Waals surface area contributed by atoms with Gasteiger partial charge in [0.2, 0.25) is 9.84 Å². The highest BCUT2D eigenvalue weighted by molar-refractivity contribution is 7.91. The van der Waals surface area contributed by atoms with Crippen LogP contribution in [-0.2, 0) is 44.0 Å². The number of para-hydroxylation sites is 2. The SMILES string of the molecule is COc1ccccc1N1CCOCCOCCN(c2cc3c(cc2OC)C2(OC3=O)c3ccc(OC(C)=O)cc3S(=O)(=O)c3cc(OC(C)=O)ccc32)CCOCC1. The molecule has 4 aromatic carbocycles. The second kappa shape index (κ2) is 17.0. The van der Waals surface area contributed by atoms with Crippen molar-refractivity contribution in [1.29, 1.82) is 0 Å². The first kappa shape index (κ1) is 40.5. The van der Waals surface area contributed by atoms with Gasteiger partial charge in [-0.05, 0) is 48.5 Å². The fraction of sp³-hybridized carbons (Fsp3) is 0.357. The van der Waals surface area contributed by atoms with Crippen LogP contribution in [0, 0.1) is 0 Å². The summed E-state index contributed by atoms with van der Waals surface area (Å²) in [5, 5.41) is 0. The van der Waals surface area contributed by atoms with Crippen molar-refractivity contribution < 1.29 is 60.7 Å². The number of esters is 3. The zero-order valence-electron chi connectivity index (χ0n) is 32.6. The first-order valence-electron chi connectivity index (χ1n) is 18.7. The van der Waals surface area contributed by atoms with Gasteiger partial charge in [-0.1, -0.05) is 12.1 Å². The third kappa shape index (κ3) is 7.79. The first-order valence-corrected chi connectivity index (χ1v) is 20.2. The van der Waals surface area contributed by atoms with Crippen molar-refractivity contribution in [3.05, 3.63) is 95.1 Å². The lowest BCUT2D eigenvalue weighted by atomic mass is 9.79. The molecule has 3 heterocycles. The van der Waals surface area contributed by atoms with Crippen LogP contribution < -0.4 is 28.7 Å². The van der Waals surface area contributed by atoms with E-state index in [1.807, 2.05) is 29.2 Å². The molecule has 58 heavy (non-hydrogen) atoms. The summed E-state index contributed by atoms with van der Waals surface area (Å²) in [6.07, 6.45) is 0. The molecule has 16 heteroatoms. The van der Waals surface area contributed by atoms with E-state index >= 15 is 0 Å². The molecular weight excluding hydrogens is 773 g/mol. The molecule has 0 unspecified atom stereocenters. The zero-order valence-corrected chi connectivity index (χ0v) is 33.4. The summed E-state index contributed by atoms with van der Waals surface area (Å²) in [5.41, 5.74) is 0.472. The number of carbonyl (C=O) groups is 3. The fourth-order valence-corrected chi connectivity index (χ4v) is 9.34. The maximum absolute atomic E-state index is 14.3. The van der Waals surface area contributed by atoms with Gasteiger partial charge in [-0.3, -0.25) is 9.59 Å². The van der Waals surface area contributed by atoms with E-state index < -0.39 is 33.3 Å². The number of carbonyl (C=O) groups excluding carboxylic acids is 3. The lowest BCUT2D eigenvalue weighted by Gasteiger charge is -2.37. The second-order valence-corrected chi connectivity index (χ2v) is 15.5. The minimum absolute atomic E-state index is 0.0252. The van der Waals surface area contributed by atoms with Crippen LogP contribution >= 0.6 is 0 Å². The molecule has 0 atom stereocenters. The van der Waals surface area contributed by atoms with Gasteiger partial charge in [0, 0.05) is 68.8 Å². The van der Waals surface area contributed by atoms with Crippen molar-refractivity contribution in [1.82, 2.24) is 0 Å². The Balaban J connectivity index is 1.26. The summed E-state index contributed by atoms with van der Waals surface area (Å²) < 4.78 is 75.1. The third-order valence-electron chi connectivity index (χ3n) is 10.1. The molecule has 7 rings (SSSR count). The maximum Gasteiger partial charge on any atom is 0.340 e. The number of rotatable bonds is 6. The molecule has 0 saturated carbocycles. The van der Waals surface area contributed by atoms with Crippen LogP contribution in [0.5, 0.6) is 23.0 Å². The largest absolute Gasteiger partial charge is 0.495 e. The molecule has 1 fully saturated rings. The van der Waals surface area contributed by atoms with Crippen LogP contribution in [0.15, 0.2) is 82.6 Å². The van der Waals surface area contributed by atoms with Gasteiger partial charge >= 0.3 is 17.9 Å². The van der Waals surface area contributed by atoms with Crippen molar-refractivity contribution in [2.45, 2.75) is 29.2 Å². The third-order valence-corrected chi connectivity index (χ3v) is 11.9. The molecule has 0 N–H and O–H groups in total.